The largest absolute Gasteiger partial charge is 0.380 e. The van der Waals surface area contributed by atoms with Crippen molar-refractivity contribution in [2.24, 2.45) is 11.8 Å². The quantitative estimate of drug-likeness (QED) is 0.254. The molecule has 0 saturated heterocycles. The highest BCUT2D eigenvalue weighted by molar-refractivity contribution is 6.35. The molecule has 7 nitrogen and oxygen atoms in total. The molecule has 9 heteroatoms. The van der Waals surface area contributed by atoms with Crippen LogP contribution < -0.4 is 10.6 Å². The average Bonchev–Trinajstić information content (AvgIpc) is 3.66. The molecule has 2 heterocycles. The molecule has 0 amide bonds. The summed E-state index contributed by atoms with van der Waals surface area (Å²) in [4.78, 5) is 4.50. The first-order valence-corrected chi connectivity index (χ1v) is 13.9. The Morgan fingerprint density at radius 3 is 2.59 bits per heavy atom. The van der Waals surface area contributed by atoms with E-state index in [-0.39, 0.29) is 6.04 Å². The van der Waals surface area contributed by atoms with Gasteiger partial charge in [-0.15, -0.1) is 5.10 Å². The zero-order chi connectivity index (χ0) is 28.0. The number of pyridine rings is 1. The molecule has 3 unspecified atom stereocenters. The summed E-state index contributed by atoms with van der Waals surface area (Å²) in [5.74, 6) is 0.506. The van der Waals surface area contributed by atoms with Gasteiger partial charge in [-0.1, -0.05) is 49.2 Å². The molecule has 4 aromatic rings. The van der Waals surface area contributed by atoms with Crippen molar-refractivity contribution in [2.75, 3.05) is 10.6 Å². The topological polar surface area (TPSA) is 91.5 Å². The SMILES string of the molecule is [2H]C(Nc1cc(Cl)c2ncc(C#N)c(NC3C(C)CCCC3C)c2c1)(c1ccc(F)cc1)c1cn(C2CC2)nn1. The van der Waals surface area contributed by atoms with E-state index in [4.69, 9.17) is 11.6 Å². The number of benzene rings is 2. The molecule has 2 aliphatic carbocycles. The van der Waals surface area contributed by atoms with Crippen LogP contribution in [0.1, 0.15) is 76.2 Å². The second-order valence-corrected chi connectivity index (χ2v) is 11.3. The number of rotatable bonds is 7. The van der Waals surface area contributed by atoms with Crippen LogP contribution in [0.2, 0.25) is 5.02 Å². The van der Waals surface area contributed by atoms with E-state index in [2.05, 4.69) is 45.8 Å². The third-order valence-electron chi connectivity index (χ3n) is 7.99. The third kappa shape index (κ3) is 5.16. The Hall–Kier alpha value is -3.70. The van der Waals surface area contributed by atoms with E-state index in [0.29, 0.717) is 62.0 Å². The number of nitrogens with zero attached hydrogens (tertiary/aromatic N) is 5. The van der Waals surface area contributed by atoms with Crippen LogP contribution in [-0.4, -0.2) is 26.0 Å². The second kappa shape index (κ2) is 10.5. The number of hydrogen-bond donors (Lipinski definition) is 2. The predicted molar refractivity (Wildman–Crippen MR) is 151 cm³/mol. The Labute approximate surface area is 233 Å². The first-order chi connectivity index (χ1) is 19.3. The molecule has 39 heavy (non-hydrogen) atoms. The Bertz CT molecular complexity index is 1590. The number of nitriles is 1. The highest BCUT2D eigenvalue weighted by Gasteiger charge is 2.30. The molecule has 2 aromatic heterocycles. The molecule has 0 bridgehead atoms. The van der Waals surface area contributed by atoms with Crippen LogP contribution in [0.3, 0.4) is 0 Å². The van der Waals surface area contributed by atoms with Crippen LogP contribution in [0.5, 0.6) is 0 Å². The Morgan fingerprint density at radius 1 is 1.15 bits per heavy atom. The number of aromatic nitrogens is 4. The number of fused-ring (bicyclic) bond motifs is 1. The summed E-state index contributed by atoms with van der Waals surface area (Å²) < 4.78 is 25.2. The van der Waals surface area contributed by atoms with Crippen LogP contribution in [0.15, 0.2) is 48.8 Å². The Morgan fingerprint density at radius 2 is 1.90 bits per heavy atom. The van der Waals surface area contributed by atoms with Crippen molar-refractivity contribution in [3.05, 3.63) is 76.5 Å². The van der Waals surface area contributed by atoms with E-state index in [1.165, 1.54) is 18.6 Å². The van der Waals surface area contributed by atoms with Gasteiger partial charge in [0.15, 0.2) is 0 Å². The molecule has 2 N–H and O–H groups in total. The van der Waals surface area contributed by atoms with Gasteiger partial charge in [0.2, 0.25) is 0 Å². The van der Waals surface area contributed by atoms with E-state index in [1.54, 1.807) is 35.3 Å². The Balaban J connectivity index is 1.45. The van der Waals surface area contributed by atoms with Crippen LogP contribution >= 0.6 is 11.6 Å². The minimum Gasteiger partial charge on any atom is -0.380 e. The summed E-state index contributed by atoms with van der Waals surface area (Å²) in [5.41, 5.74) is 3.13. The fourth-order valence-electron chi connectivity index (χ4n) is 5.66. The maximum absolute atomic E-state index is 13.8. The van der Waals surface area contributed by atoms with Gasteiger partial charge in [0.05, 0.1) is 41.4 Å². The van der Waals surface area contributed by atoms with Gasteiger partial charge in [-0.25, -0.2) is 9.07 Å². The fourth-order valence-corrected chi connectivity index (χ4v) is 5.93. The highest BCUT2D eigenvalue weighted by Crippen LogP contribution is 2.39. The van der Waals surface area contributed by atoms with Crippen LogP contribution in [0, 0.1) is 29.0 Å². The van der Waals surface area contributed by atoms with E-state index in [9.17, 15) is 11.0 Å². The maximum atomic E-state index is 13.8. The number of nitrogens with one attached hydrogen (secondary N) is 2. The van der Waals surface area contributed by atoms with Crippen molar-refractivity contribution in [2.45, 2.75) is 64.1 Å². The lowest BCUT2D eigenvalue weighted by Gasteiger charge is -2.36. The molecular weight excluding hydrogens is 513 g/mol. The molecule has 3 atom stereocenters. The zero-order valence-electron chi connectivity index (χ0n) is 23.0. The van der Waals surface area contributed by atoms with Gasteiger partial charge in [0, 0.05) is 23.3 Å². The number of hydrogen-bond acceptors (Lipinski definition) is 6. The Kier molecular flexibility index (Phi) is 6.53. The van der Waals surface area contributed by atoms with Gasteiger partial charge >= 0.3 is 0 Å². The summed E-state index contributed by atoms with van der Waals surface area (Å²) in [6.07, 6.45) is 8.84. The highest BCUT2D eigenvalue weighted by atomic mass is 35.5. The standard InChI is InChI=1S/C30H31ClFN7/c1-17-4-3-5-18(2)27(17)36-28-20(14-33)15-34-30-24(28)12-22(13-25(30)31)35-29(19-6-8-21(32)9-7-19)26-16-39(38-37-26)23-10-11-23/h6-9,12-13,15-18,23,27,29,35H,3-5,10-11H2,1-2H3,(H,34,36)/i29D. The molecule has 2 saturated carbocycles. The number of anilines is 2. The number of halogens is 2. The molecule has 2 aliphatic rings. The summed E-state index contributed by atoms with van der Waals surface area (Å²) in [5, 5.41) is 26.7. The van der Waals surface area contributed by atoms with Gasteiger partial charge in [0.25, 0.3) is 0 Å². The van der Waals surface area contributed by atoms with Crippen LogP contribution in [-0.2, 0) is 0 Å². The van der Waals surface area contributed by atoms with Crippen molar-refractivity contribution in [3.63, 3.8) is 0 Å². The van der Waals surface area contributed by atoms with Crippen LogP contribution in [0.25, 0.3) is 10.9 Å². The van der Waals surface area contributed by atoms with E-state index in [0.717, 1.165) is 25.7 Å². The summed E-state index contributed by atoms with van der Waals surface area (Å²) in [7, 11) is 0. The molecule has 2 aromatic carbocycles. The lowest BCUT2D eigenvalue weighted by Crippen LogP contribution is -2.37. The first-order valence-electron chi connectivity index (χ1n) is 14.0. The minimum atomic E-state index is -1.59. The van der Waals surface area contributed by atoms with Gasteiger partial charge in [0.1, 0.15) is 17.6 Å². The van der Waals surface area contributed by atoms with Crippen molar-refractivity contribution < 1.29 is 5.76 Å². The maximum Gasteiger partial charge on any atom is 0.123 e. The van der Waals surface area contributed by atoms with E-state index in [1.807, 2.05) is 6.07 Å². The minimum absolute atomic E-state index is 0.203. The average molecular weight is 545 g/mol. The molecular formula is C30H31ClFN7. The summed E-state index contributed by atoms with van der Waals surface area (Å²) in [6.45, 7) is 4.49. The predicted octanol–water partition coefficient (Wildman–Crippen LogP) is 7.26. The third-order valence-corrected chi connectivity index (χ3v) is 8.28. The monoisotopic (exact) mass is 544 g/mol. The summed E-state index contributed by atoms with van der Waals surface area (Å²) in [6, 6.07) is 10.6. The molecule has 6 rings (SSSR count). The van der Waals surface area contributed by atoms with Crippen molar-refractivity contribution in [3.8, 4) is 6.07 Å². The van der Waals surface area contributed by atoms with Gasteiger partial charge in [-0.05, 0) is 67.3 Å². The smallest absolute Gasteiger partial charge is 0.123 e. The lowest BCUT2D eigenvalue weighted by molar-refractivity contribution is 0.268. The van der Waals surface area contributed by atoms with Crippen molar-refractivity contribution in [1.29, 1.82) is 5.26 Å². The summed E-state index contributed by atoms with van der Waals surface area (Å²) >= 11 is 6.77. The van der Waals surface area contributed by atoms with Gasteiger partial charge < -0.3 is 10.6 Å². The van der Waals surface area contributed by atoms with Crippen molar-refractivity contribution >= 4 is 33.9 Å². The van der Waals surface area contributed by atoms with Gasteiger partial charge in [-0.3, -0.25) is 4.98 Å². The fraction of sp³-hybridized carbons (Fsp3) is 0.400. The molecule has 200 valence electrons. The van der Waals surface area contributed by atoms with Gasteiger partial charge in [-0.2, -0.15) is 5.26 Å². The normalized spacial score (nSPS) is 23.1. The van der Waals surface area contributed by atoms with Crippen molar-refractivity contribution in [1.82, 2.24) is 20.0 Å². The second-order valence-electron chi connectivity index (χ2n) is 10.9. The molecule has 0 aliphatic heterocycles. The molecule has 0 radical (unpaired) electrons. The van der Waals surface area contributed by atoms with E-state index >= 15 is 0 Å². The lowest BCUT2D eigenvalue weighted by atomic mass is 9.78. The van der Waals surface area contributed by atoms with Crippen LogP contribution in [0.4, 0.5) is 15.8 Å². The molecule has 2 fully saturated rings. The zero-order valence-corrected chi connectivity index (χ0v) is 22.7. The van der Waals surface area contributed by atoms with E-state index < -0.39 is 11.8 Å². The molecule has 0 spiro atoms. The first kappa shape index (κ1) is 24.3.